The van der Waals surface area contributed by atoms with Gasteiger partial charge in [-0.3, -0.25) is 4.79 Å². The Balaban J connectivity index is 3.50. The predicted octanol–water partition coefficient (Wildman–Crippen LogP) is -0.117. The van der Waals surface area contributed by atoms with Crippen LogP contribution in [0.1, 0.15) is 6.92 Å². The summed E-state index contributed by atoms with van der Waals surface area (Å²) in [6, 6.07) is 0. The molecule has 0 aliphatic heterocycles. The van der Waals surface area contributed by atoms with Crippen LogP contribution in [0.25, 0.3) is 0 Å². The third-order valence-corrected chi connectivity index (χ3v) is 1.57. The van der Waals surface area contributed by atoms with Crippen molar-refractivity contribution in [2.24, 2.45) is 5.92 Å². The maximum absolute atomic E-state index is 11.6. The van der Waals surface area contributed by atoms with Crippen molar-refractivity contribution >= 4 is 5.91 Å². The van der Waals surface area contributed by atoms with Crippen LogP contribution in [-0.4, -0.2) is 43.4 Å². The van der Waals surface area contributed by atoms with Gasteiger partial charge in [-0.05, 0) is 5.92 Å². The van der Waals surface area contributed by atoms with Gasteiger partial charge in [0.15, 0.2) is 0 Å². The van der Waals surface area contributed by atoms with Crippen LogP contribution in [0.3, 0.4) is 0 Å². The minimum Gasteiger partial charge on any atom is -0.396 e. The summed E-state index contributed by atoms with van der Waals surface area (Å²) in [5, 5.41) is 13.0. The molecule has 0 aromatic heterocycles. The highest BCUT2D eigenvalue weighted by molar-refractivity contribution is 5.77. The molecule has 0 aromatic rings. The van der Waals surface area contributed by atoms with Gasteiger partial charge in [0.05, 0.1) is 13.1 Å². The third kappa shape index (κ3) is 9.48. The quantitative estimate of drug-likeness (QED) is 0.594. The second-order valence-electron chi connectivity index (χ2n) is 3.31. The van der Waals surface area contributed by atoms with Gasteiger partial charge in [-0.1, -0.05) is 6.92 Å². The lowest BCUT2D eigenvalue weighted by molar-refractivity contribution is -0.128. The normalized spacial score (nSPS) is 13.7. The fourth-order valence-electron chi connectivity index (χ4n) is 0.733. The monoisotopic (exact) mass is 228 g/mol. The average molecular weight is 228 g/mol. The number of carbonyl (C=O) groups is 1. The lowest BCUT2D eigenvalue weighted by Gasteiger charge is -2.11. The summed E-state index contributed by atoms with van der Waals surface area (Å²) in [7, 11) is 0. The van der Waals surface area contributed by atoms with E-state index in [-0.39, 0.29) is 25.6 Å². The molecule has 0 radical (unpaired) electrons. The van der Waals surface area contributed by atoms with Crippen LogP contribution in [0.4, 0.5) is 13.2 Å². The minimum atomic E-state index is -4.31. The zero-order valence-corrected chi connectivity index (χ0v) is 8.40. The molecular formula is C8H15F3N2O2. The maximum Gasteiger partial charge on any atom is 0.401 e. The van der Waals surface area contributed by atoms with E-state index in [4.69, 9.17) is 5.11 Å². The molecule has 3 N–H and O–H groups in total. The molecule has 1 atom stereocenters. The van der Waals surface area contributed by atoms with Crippen molar-refractivity contribution in [1.82, 2.24) is 10.6 Å². The Labute approximate surface area is 85.8 Å². The van der Waals surface area contributed by atoms with Crippen molar-refractivity contribution in [3.8, 4) is 0 Å². The maximum atomic E-state index is 11.6. The number of halogens is 3. The summed E-state index contributed by atoms with van der Waals surface area (Å²) in [6.45, 7) is 0.330. The first kappa shape index (κ1) is 14.2. The molecule has 0 saturated carbocycles. The summed E-state index contributed by atoms with van der Waals surface area (Å²) in [4.78, 5) is 10.9. The van der Waals surface area contributed by atoms with E-state index in [1.165, 1.54) is 0 Å². The van der Waals surface area contributed by atoms with Crippen molar-refractivity contribution in [1.29, 1.82) is 0 Å². The topological polar surface area (TPSA) is 61.4 Å². The van der Waals surface area contributed by atoms with E-state index in [1.807, 2.05) is 5.32 Å². The highest BCUT2D eigenvalue weighted by atomic mass is 19.4. The van der Waals surface area contributed by atoms with Crippen molar-refractivity contribution in [2.75, 3.05) is 26.2 Å². The van der Waals surface area contributed by atoms with Crippen molar-refractivity contribution in [2.45, 2.75) is 13.1 Å². The smallest absolute Gasteiger partial charge is 0.396 e. The van der Waals surface area contributed by atoms with Crippen LogP contribution >= 0.6 is 0 Å². The number of hydrogen-bond donors (Lipinski definition) is 3. The number of alkyl halides is 3. The van der Waals surface area contributed by atoms with Gasteiger partial charge in [-0.15, -0.1) is 0 Å². The zero-order chi connectivity index (χ0) is 11.9. The van der Waals surface area contributed by atoms with Crippen LogP contribution in [0.2, 0.25) is 0 Å². The first-order valence-corrected chi connectivity index (χ1v) is 4.50. The third-order valence-electron chi connectivity index (χ3n) is 1.57. The fraction of sp³-hybridized carbons (Fsp3) is 0.875. The largest absolute Gasteiger partial charge is 0.401 e. The van der Waals surface area contributed by atoms with Crippen LogP contribution in [0, 0.1) is 5.92 Å². The van der Waals surface area contributed by atoms with E-state index < -0.39 is 18.6 Å². The van der Waals surface area contributed by atoms with Gasteiger partial charge in [0.25, 0.3) is 0 Å². The van der Waals surface area contributed by atoms with Crippen molar-refractivity contribution in [3.05, 3.63) is 0 Å². The summed E-state index contributed by atoms with van der Waals surface area (Å²) in [5.41, 5.74) is 0. The molecule has 0 spiro atoms. The lowest BCUT2D eigenvalue weighted by atomic mass is 10.2. The van der Waals surface area contributed by atoms with Gasteiger partial charge in [-0.2, -0.15) is 13.2 Å². The number of aliphatic hydroxyl groups is 1. The lowest BCUT2D eigenvalue weighted by Crippen LogP contribution is -2.39. The number of nitrogens with one attached hydrogen (secondary N) is 2. The Morgan fingerprint density at radius 3 is 2.53 bits per heavy atom. The Hall–Kier alpha value is -0.820. The molecule has 0 bridgehead atoms. The Morgan fingerprint density at radius 1 is 1.47 bits per heavy atom. The fourth-order valence-corrected chi connectivity index (χ4v) is 0.733. The van der Waals surface area contributed by atoms with Gasteiger partial charge in [0.2, 0.25) is 5.91 Å². The van der Waals surface area contributed by atoms with Gasteiger partial charge >= 0.3 is 6.18 Å². The molecule has 0 fully saturated rings. The van der Waals surface area contributed by atoms with Crippen LogP contribution in [0.15, 0.2) is 0 Å². The molecule has 1 amide bonds. The molecule has 0 heterocycles. The molecule has 0 saturated heterocycles. The SMILES string of the molecule is CC(CO)CNC(=O)CNCC(F)(F)F. The molecule has 1 unspecified atom stereocenters. The van der Waals surface area contributed by atoms with Gasteiger partial charge < -0.3 is 15.7 Å². The summed E-state index contributed by atoms with van der Waals surface area (Å²) in [6.07, 6.45) is -4.31. The number of amides is 1. The molecule has 15 heavy (non-hydrogen) atoms. The summed E-state index contributed by atoms with van der Waals surface area (Å²) < 4.78 is 34.9. The highest BCUT2D eigenvalue weighted by Gasteiger charge is 2.26. The van der Waals surface area contributed by atoms with Gasteiger partial charge in [0, 0.05) is 13.2 Å². The predicted molar refractivity (Wildman–Crippen MR) is 48.2 cm³/mol. The summed E-state index contributed by atoms with van der Waals surface area (Å²) in [5.74, 6) is -0.615. The number of rotatable bonds is 6. The van der Waals surface area contributed by atoms with Crippen LogP contribution in [-0.2, 0) is 4.79 Å². The highest BCUT2D eigenvalue weighted by Crippen LogP contribution is 2.11. The molecule has 0 aliphatic rings. The molecular weight excluding hydrogens is 213 g/mol. The first-order valence-electron chi connectivity index (χ1n) is 4.50. The first-order chi connectivity index (χ1) is 6.85. The number of hydrogen-bond acceptors (Lipinski definition) is 3. The van der Waals surface area contributed by atoms with E-state index in [0.717, 1.165) is 0 Å². The molecule has 0 rings (SSSR count). The van der Waals surface area contributed by atoms with E-state index in [9.17, 15) is 18.0 Å². The van der Waals surface area contributed by atoms with Gasteiger partial charge in [-0.25, -0.2) is 0 Å². The van der Waals surface area contributed by atoms with E-state index in [0.29, 0.717) is 0 Å². The molecule has 0 aliphatic carbocycles. The van der Waals surface area contributed by atoms with Crippen LogP contribution in [0.5, 0.6) is 0 Å². The average Bonchev–Trinajstić information content (AvgIpc) is 2.12. The number of aliphatic hydroxyl groups excluding tert-OH is 1. The zero-order valence-electron chi connectivity index (χ0n) is 8.40. The second kappa shape index (κ2) is 6.62. The molecule has 0 aromatic carbocycles. The Morgan fingerprint density at radius 2 is 2.07 bits per heavy atom. The molecule has 90 valence electrons. The second-order valence-corrected chi connectivity index (χ2v) is 3.31. The summed E-state index contributed by atoms with van der Waals surface area (Å²) >= 11 is 0. The molecule has 4 nitrogen and oxygen atoms in total. The van der Waals surface area contributed by atoms with E-state index in [1.54, 1.807) is 6.92 Å². The standard InChI is InChI=1S/C8H15F3N2O2/c1-6(4-14)2-13-7(15)3-12-5-8(9,10)11/h6,12,14H,2-5H2,1H3,(H,13,15). The van der Waals surface area contributed by atoms with E-state index in [2.05, 4.69) is 5.32 Å². The van der Waals surface area contributed by atoms with Crippen molar-refractivity contribution in [3.63, 3.8) is 0 Å². The molecule has 7 heteroatoms. The van der Waals surface area contributed by atoms with Crippen molar-refractivity contribution < 1.29 is 23.1 Å². The minimum absolute atomic E-state index is 0.0732. The Bertz CT molecular complexity index is 197. The van der Waals surface area contributed by atoms with Gasteiger partial charge in [0.1, 0.15) is 0 Å². The van der Waals surface area contributed by atoms with Crippen LogP contribution < -0.4 is 10.6 Å². The van der Waals surface area contributed by atoms with E-state index >= 15 is 0 Å². The Kier molecular flexibility index (Phi) is 6.26. The number of carbonyl (C=O) groups excluding carboxylic acids is 1.